The summed E-state index contributed by atoms with van der Waals surface area (Å²) >= 11 is 0. The van der Waals surface area contributed by atoms with Crippen LogP contribution < -0.4 is 9.62 Å². The summed E-state index contributed by atoms with van der Waals surface area (Å²) in [6.45, 7) is 7.58. The molecule has 0 aliphatic heterocycles. The standard InChI is InChI=1S/C26H34N2O5S/c1-5-28(22-11-7-6-8-12-22)34(31,32)24-16-21(15-14-19(24)3)26(30)33-17-25(29)27-23-13-9-10-18(2)20(23)4/h6-8,11-12,14-16,18,20,23H,5,9-10,13,17H2,1-4H3,(H,27,29)/t18-,20-,23-/m1/s1. The van der Waals surface area contributed by atoms with Gasteiger partial charge in [-0.15, -0.1) is 0 Å². The molecule has 1 aliphatic rings. The molecule has 1 aliphatic carbocycles. The van der Waals surface area contributed by atoms with Crippen molar-refractivity contribution in [2.24, 2.45) is 11.8 Å². The molecule has 34 heavy (non-hydrogen) atoms. The lowest BCUT2D eigenvalue weighted by Crippen LogP contribution is -2.45. The Morgan fingerprint density at radius 1 is 1.09 bits per heavy atom. The Morgan fingerprint density at radius 2 is 1.79 bits per heavy atom. The molecule has 1 saturated carbocycles. The molecular weight excluding hydrogens is 452 g/mol. The average Bonchev–Trinajstić information content (AvgIpc) is 2.81. The number of anilines is 1. The van der Waals surface area contributed by atoms with Crippen LogP contribution in [0.2, 0.25) is 0 Å². The number of amides is 1. The molecule has 0 bridgehead atoms. The van der Waals surface area contributed by atoms with Crippen LogP contribution in [0.5, 0.6) is 0 Å². The van der Waals surface area contributed by atoms with Crippen molar-refractivity contribution in [2.75, 3.05) is 17.5 Å². The Balaban J connectivity index is 1.71. The van der Waals surface area contributed by atoms with Crippen molar-refractivity contribution in [2.45, 2.75) is 57.9 Å². The van der Waals surface area contributed by atoms with Crippen LogP contribution in [0.1, 0.15) is 56.0 Å². The Kier molecular flexibility index (Phi) is 8.36. The van der Waals surface area contributed by atoms with E-state index < -0.39 is 22.6 Å². The van der Waals surface area contributed by atoms with Crippen molar-refractivity contribution >= 4 is 27.6 Å². The number of carbonyl (C=O) groups is 2. The van der Waals surface area contributed by atoms with E-state index in [0.717, 1.165) is 19.3 Å². The summed E-state index contributed by atoms with van der Waals surface area (Å²) in [5.74, 6) is -0.183. The lowest BCUT2D eigenvalue weighted by molar-refractivity contribution is -0.125. The van der Waals surface area contributed by atoms with E-state index in [1.807, 2.05) is 6.07 Å². The summed E-state index contributed by atoms with van der Waals surface area (Å²) in [6.07, 6.45) is 3.13. The van der Waals surface area contributed by atoms with Gasteiger partial charge in [0.25, 0.3) is 15.9 Å². The molecule has 0 aromatic heterocycles. The third-order valence-corrected chi connectivity index (χ3v) is 8.76. The number of benzene rings is 2. The second kappa shape index (κ2) is 11.0. The lowest BCUT2D eigenvalue weighted by atomic mass is 9.78. The Bertz CT molecular complexity index is 1120. The van der Waals surface area contributed by atoms with E-state index >= 15 is 0 Å². The molecule has 8 heteroatoms. The van der Waals surface area contributed by atoms with Gasteiger partial charge in [0.1, 0.15) is 0 Å². The molecular formula is C26H34N2O5S. The smallest absolute Gasteiger partial charge is 0.338 e. The van der Waals surface area contributed by atoms with Gasteiger partial charge in [-0.05, 0) is 61.9 Å². The zero-order valence-corrected chi connectivity index (χ0v) is 21.1. The molecule has 184 valence electrons. The zero-order chi connectivity index (χ0) is 24.9. The average molecular weight is 487 g/mol. The third-order valence-electron chi connectivity index (χ3n) is 6.71. The summed E-state index contributed by atoms with van der Waals surface area (Å²) in [5.41, 5.74) is 1.14. The molecule has 2 aromatic rings. The predicted molar refractivity (Wildman–Crippen MR) is 132 cm³/mol. The fraction of sp³-hybridized carbons (Fsp3) is 0.462. The first-order valence-electron chi connectivity index (χ1n) is 11.8. The fourth-order valence-electron chi connectivity index (χ4n) is 4.46. The van der Waals surface area contributed by atoms with E-state index in [9.17, 15) is 18.0 Å². The molecule has 3 atom stereocenters. The summed E-state index contributed by atoms with van der Waals surface area (Å²) < 4.78 is 33.3. The second-order valence-electron chi connectivity index (χ2n) is 9.00. The van der Waals surface area contributed by atoms with Crippen LogP contribution in [0, 0.1) is 18.8 Å². The van der Waals surface area contributed by atoms with E-state index in [0.29, 0.717) is 23.1 Å². The van der Waals surface area contributed by atoms with Gasteiger partial charge in [0.15, 0.2) is 6.61 Å². The summed E-state index contributed by atoms with van der Waals surface area (Å²) in [7, 11) is -3.91. The topological polar surface area (TPSA) is 92.8 Å². The number of esters is 1. The first-order chi connectivity index (χ1) is 16.1. The number of hydrogen-bond donors (Lipinski definition) is 1. The number of nitrogens with zero attached hydrogens (tertiary/aromatic N) is 1. The van der Waals surface area contributed by atoms with Gasteiger partial charge >= 0.3 is 5.97 Å². The van der Waals surface area contributed by atoms with Crippen molar-refractivity contribution in [1.82, 2.24) is 5.32 Å². The Morgan fingerprint density at radius 3 is 2.47 bits per heavy atom. The minimum absolute atomic E-state index is 0.0297. The minimum Gasteiger partial charge on any atom is -0.452 e. The zero-order valence-electron chi connectivity index (χ0n) is 20.3. The van der Waals surface area contributed by atoms with Gasteiger partial charge in [-0.3, -0.25) is 9.10 Å². The van der Waals surface area contributed by atoms with Crippen molar-refractivity contribution < 1.29 is 22.7 Å². The van der Waals surface area contributed by atoms with Gasteiger partial charge in [-0.1, -0.05) is 51.0 Å². The number of aryl methyl sites for hydroxylation is 1. The molecule has 0 radical (unpaired) electrons. The van der Waals surface area contributed by atoms with Crippen LogP contribution in [0.4, 0.5) is 5.69 Å². The quantitative estimate of drug-likeness (QED) is 0.562. The maximum atomic E-state index is 13.4. The highest BCUT2D eigenvalue weighted by atomic mass is 32.2. The maximum absolute atomic E-state index is 13.4. The molecule has 1 fully saturated rings. The van der Waals surface area contributed by atoms with Crippen molar-refractivity contribution in [1.29, 1.82) is 0 Å². The van der Waals surface area contributed by atoms with Gasteiger partial charge < -0.3 is 10.1 Å². The number of sulfonamides is 1. The van der Waals surface area contributed by atoms with E-state index in [1.165, 1.54) is 16.4 Å². The van der Waals surface area contributed by atoms with Crippen LogP contribution in [-0.4, -0.2) is 39.5 Å². The predicted octanol–water partition coefficient (Wildman–Crippen LogP) is 4.31. The highest BCUT2D eigenvalue weighted by molar-refractivity contribution is 7.92. The first-order valence-corrected chi connectivity index (χ1v) is 13.2. The van der Waals surface area contributed by atoms with Gasteiger partial charge in [0.2, 0.25) is 0 Å². The number of para-hydroxylation sites is 1. The highest BCUT2D eigenvalue weighted by Gasteiger charge is 2.29. The minimum atomic E-state index is -3.91. The van der Waals surface area contributed by atoms with Crippen LogP contribution in [0.15, 0.2) is 53.4 Å². The van der Waals surface area contributed by atoms with E-state index in [4.69, 9.17) is 4.74 Å². The highest BCUT2D eigenvalue weighted by Crippen LogP contribution is 2.29. The molecule has 2 aromatic carbocycles. The Hall–Kier alpha value is -2.87. The molecule has 3 rings (SSSR count). The van der Waals surface area contributed by atoms with Crippen molar-refractivity contribution in [3.05, 3.63) is 59.7 Å². The van der Waals surface area contributed by atoms with Crippen LogP contribution in [-0.2, 0) is 19.6 Å². The largest absolute Gasteiger partial charge is 0.452 e. The second-order valence-corrected chi connectivity index (χ2v) is 10.8. The van der Waals surface area contributed by atoms with E-state index in [1.54, 1.807) is 44.2 Å². The van der Waals surface area contributed by atoms with Crippen LogP contribution in [0.3, 0.4) is 0 Å². The molecule has 0 unspecified atom stereocenters. The van der Waals surface area contributed by atoms with Crippen molar-refractivity contribution in [3.8, 4) is 0 Å². The number of ether oxygens (including phenoxy) is 1. The summed E-state index contributed by atoms with van der Waals surface area (Å²) in [4.78, 5) is 25.1. The van der Waals surface area contributed by atoms with Gasteiger partial charge in [-0.2, -0.15) is 0 Å². The van der Waals surface area contributed by atoms with Gasteiger partial charge in [-0.25, -0.2) is 13.2 Å². The Labute approximate surface area is 202 Å². The third kappa shape index (κ3) is 5.78. The molecule has 1 N–H and O–H groups in total. The van der Waals surface area contributed by atoms with Crippen molar-refractivity contribution in [3.63, 3.8) is 0 Å². The lowest BCUT2D eigenvalue weighted by Gasteiger charge is -2.34. The molecule has 0 heterocycles. The molecule has 0 saturated heterocycles. The summed E-state index contributed by atoms with van der Waals surface area (Å²) in [5, 5.41) is 2.97. The molecule has 1 amide bonds. The first kappa shape index (κ1) is 25.7. The number of nitrogens with one attached hydrogen (secondary N) is 1. The number of rotatable bonds is 8. The molecule has 7 nitrogen and oxygen atoms in total. The SMILES string of the molecule is CCN(c1ccccc1)S(=O)(=O)c1cc(C(=O)OCC(=O)N[C@@H]2CCC[C@@H](C)[C@H]2C)ccc1C. The van der Waals surface area contributed by atoms with Crippen LogP contribution >= 0.6 is 0 Å². The fourth-order valence-corrected chi connectivity index (χ4v) is 6.19. The van der Waals surface area contributed by atoms with E-state index in [-0.39, 0.29) is 29.0 Å². The monoisotopic (exact) mass is 486 g/mol. The maximum Gasteiger partial charge on any atom is 0.338 e. The van der Waals surface area contributed by atoms with Gasteiger partial charge in [0, 0.05) is 12.6 Å². The molecule has 0 spiro atoms. The van der Waals surface area contributed by atoms with Crippen LogP contribution in [0.25, 0.3) is 0 Å². The summed E-state index contributed by atoms with van der Waals surface area (Å²) in [6, 6.07) is 13.3. The normalized spacial score (nSPS) is 20.4. The number of carbonyl (C=O) groups excluding carboxylic acids is 2. The number of hydrogen-bond acceptors (Lipinski definition) is 5. The van der Waals surface area contributed by atoms with Gasteiger partial charge in [0.05, 0.1) is 16.1 Å². The van der Waals surface area contributed by atoms with E-state index in [2.05, 4.69) is 19.2 Å².